The Kier molecular flexibility index (Phi) is 9.76. The fraction of sp³-hybridized carbons (Fsp3) is 0.750. The summed E-state index contributed by atoms with van der Waals surface area (Å²) in [6, 6.07) is 0. The zero-order valence-electron chi connectivity index (χ0n) is 14.8. The Morgan fingerprint density at radius 2 is 2.00 bits per heavy atom. The van der Waals surface area contributed by atoms with Crippen LogP contribution < -0.4 is 10.6 Å². The summed E-state index contributed by atoms with van der Waals surface area (Å²) < 4.78 is 5.38. The van der Waals surface area contributed by atoms with Crippen molar-refractivity contribution in [2.24, 2.45) is 5.41 Å². The van der Waals surface area contributed by atoms with E-state index in [2.05, 4.69) is 36.4 Å². The predicted molar refractivity (Wildman–Crippen MR) is 104 cm³/mol. The second kappa shape index (κ2) is 9.92. The SMILES string of the molecule is COCC1(CNC(=O)c2csc(C(C)(C)C)n2)CCNCC1.Cl.Cl. The second-order valence-electron chi connectivity index (χ2n) is 7.15. The van der Waals surface area contributed by atoms with Crippen molar-refractivity contribution in [2.75, 3.05) is 33.4 Å². The lowest BCUT2D eigenvalue weighted by Gasteiger charge is -2.37. The van der Waals surface area contributed by atoms with Gasteiger partial charge in [0.05, 0.1) is 11.6 Å². The van der Waals surface area contributed by atoms with E-state index in [9.17, 15) is 4.79 Å². The number of halogens is 2. The van der Waals surface area contributed by atoms with Crippen LogP contribution in [0, 0.1) is 5.41 Å². The largest absolute Gasteiger partial charge is 0.384 e. The third-order valence-corrected chi connectivity index (χ3v) is 5.39. The molecule has 24 heavy (non-hydrogen) atoms. The van der Waals surface area contributed by atoms with Crippen molar-refractivity contribution < 1.29 is 9.53 Å². The molecule has 1 fully saturated rings. The molecule has 0 spiro atoms. The molecule has 0 aliphatic carbocycles. The number of nitrogens with zero attached hydrogens (tertiary/aromatic N) is 1. The van der Waals surface area contributed by atoms with Gasteiger partial charge in [-0.25, -0.2) is 4.98 Å². The van der Waals surface area contributed by atoms with Crippen LogP contribution in [0.25, 0.3) is 0 Å². The number of hydrogen-bond acceptors (Lipinski definition) is 5. The lowest BCUT2D eigenvalue weighted by Crippen LogP contribution is -2.47. The third-order valence-electron chi connectivity index (χ3n) is 4.12. The normalized spacial score (nSPS) is 16.7. The fourth-order valence-electron chi connectivity index (χ4n) is 2.72. The number of amides is 1. The van der Waals surface area contributed by atoms with Gasteiger partial charge in [-0.1, -0.05) is 20.8 Å². The Bertz CT molecular complexity index is 506. The zero-order valence-corrected chi connectivity index (χ0v) is 17.3. The summed E-state index contributed by atoms with van der Waals surface area (Å²) in [7, 11) is 1.72. The molecule has 1 aliphatic heterocycles. The van der Waals surface area contributed by atoms with Crippen LogP contribution in [0.15, 0.2) is 5.38 Å². The van der Waals surface area contributed by atoms with E-state index in [-0.39, 0.29) is 41.6 Å². The average Bonchev–Trinajstić information content (AvgIpc) is 2.96. The van der Waals surface area contributed by atoms with Crippen molar-refractivity contribution in [3.63, 3.8) is 0 Å². The lowest BCUT2D eigenvalue weighted by molar-refractivity contribution is 0.0511. The number of nitrogens with one attached hydrogen (secondary N) is 2. The van der Waals surface area contributed by atoms with Crippen LogP contribution in [0.3, 0.4) is 0 Å². The molecule has 1 saturated heterocycles. The van der Waals surface area contributed by atoms with E-state index < -0.39 is 0 Å². The van der Waals surface area contributed by atoms with Gasteiger partial charge >= 0.3 is 0 Å². The van der Waals surface area contributed by atoms with E-state index in [0.717, 1.165) is 30.9 Å². The van der Waals surface area contributed by atoms with Gasteiger partial charge in [-0.15, -0.1) is 36.2 Å². The summed E-state index contributed by atoms with van der Waals surface area (Å²) in [6.45, 7) is 9.60. The number of carbonyl (C=O) groups excluding carboxylic acids is 1. The van der Waals surface area contributed by atoms with Crippen molar-refractivity contribution in [1.29, 1.82) is 0 Å². The molecule has 2 heterocycles. The van der Waals surface area contributed by atoms with Gasteiger partial charge in [0.2, 0.25) is 0 Å². The maximum Gasteiger partial charge on any atom is 0.270 e. The first kappa shape index (κ1) is 23.6. The average molecular weight is 398 g/mol. The molecule has 1 aliphatic rings. The zero-order chi connectivity index (χ0) is 16.2. The fourth-order valence-corrected chi connectivity index (χ4v) is 3.60. The molecule has 0 bridgehead atoms. The monoisotopic (exact) mass is 397 g/mol. The first-order valence-corrected chi connectivity index (χ1v) is 8.68. The van der Waals surface area contributed by atoms with Gasteiger partial charge < -0.3 is 15.4 Å². The minimum absolute atomic E-state index is 0. The van der Waals surface area contributed by atoms with E-state index >= 15 is 0 Å². The van der Waals surface area contributed by atoms with E-state index in [1.807, 2.05) is 5.38 Å². The molecule has 2 rings (SSSR count). The van der Waals surface area contributed by atoms with Gasteiger partial charge in [0.25, 0.3) is 5.91 Å². The van der Waals surface area contributed by atoms with Crippen molar-refractivity contribution in [3.05, 3.63) is 16.1 Å². The molecular formula is C16H29Cl2N3O2S. The molecule has 0 radical (unpaired) electrons. The van der Waals surface area contributed by atoms with Crippen LogP contribution in [-0.4, -0.2) is 44.2 Å². The summed E-state index contributed by atoms with van der Waals surface area (Å²) in [6.07, 6.45) is 2.04. The molecule has 0 aromatic carbocycles. The summed E-state index contributed by atoms with van der Waals surface area (Å²) in [4.78, 5) is 16.8. The minimum atomic E-state index is -0.0826. The van der Waals surface area contributed by atoms with Crippen molar-refractivity contribution >= 4 is 42.1 Å². The summed E-state index contributed by atoms with van der Waals surface area (Å²) in [5.74, 6) is -0.0826. The van der Waals surface area contributed by atoms with E-state index in [4.69, 9.17) is 4.74 Å². The number of ether oxygens (including phenoxy) is 1. The van der Waals surface area contributed by atoms with Gasteiger partial charge in [0.15, 0.2) is 0 Å². The van der Waals surface area contributed by atoms with Crippen LogP contribution in [0.4, 0.5) is 0 Å². The molecule has 1 aromatic heterocycles. The Labute approximate surface area is 161 Å². The Morgan fingerprint density at radius 3 is 2.50 bits per heavy atom. The first-order valence-electron chi connectivity index (χ1n) is 7.80. The predicted octanol–water partition coefficient (Wildman–Crippen LogP) is 3.03. The van der Waals surface area contributed by atoms with Crippen LogP contribution in [-0.2, 0) is 10.2 Å². The third kappa shape index (κ3) is 6.15. The molecule has 5 nitrogen and oxygen atoms in total. The Morgan fingerprint density at radius 1 is 1.38 bits per heavy atom. The van der Waals surface area contributed by atoms with Gasteiger partial charge in [-0.05, 0) is 25.9 Å². The molecule has 0 saturated carbocycles. The Balaban J connectivity index is 0.00000264. The quantitative estimate of drug-likeness (QED) is 0.801. The van der Waals surface area contributed by atoms with Crippen molar-refractivity contribution in [1.82, 2.24) is 15.6 Å². The number of rotatable bonds is 5. The van der Waals surface area contributed by atoms with Gasteiger partial charge in [-0.3, -0.25) is 4.79 Å². The molecule has 140 valence electrons. The number of thiazole rings is 1. The van der Waals surface area contributed by atoms with Gasteiger partial charge in [0, 0.05) is 29.9 Å². The first-order chi connectivity index (χ1) is 10.4. The summed E-state index contributed by atoms with van der Waals surface area (Å²) >= 11 is 1.55. The number of carbonyl (C=O) groups is 1. The van der Waals surface area contributed by atoms with Crippen LogP contribution in [0.2, 0.25) is 0 Å². The maximum atomic E-state index is 12.4. The molecule has 8 heteroatoms. The summed E-state index contributed by atoms with van der Waals surface area (Å²) in [5, 5.41) is 9.26. The number of aromatic nitrogens is 1. The van der Waals surface area contributed by atoms with Crippen molar-refractivity contribution in [2.45, 2.75) is 39.0 Å². The van der Waals surface area contributed by atoms with Crippen LogP contribution in [0.5, 0.6) is 0 Å². The van der Waals surface area contributed by atoms with Gasteiger partial charge in [0.1, 0.15) is 5.69 Å². The van der Waals surface area contributed by atoms with E-state index in [0.29, 0.717) is 18.8 Å². The molecule has 0 unspecified atom stereocenters. The Hall–Kier alpha value is -0.400. The number of hydrogen-bond donors (Lipinski definition) is 2. The smallest absolute Gasteiger partial charge is 0.270 e. The number of methoxy groups -OCH3 is 1. The second-order valence-corrected chi connectivity index (χ2v) is 8.01. The highest BCUT2D eigenvalue weighted by atomic mass is 35.5. The van der Waals surface area contributed by atoms with E-state index in [1.165, 1.54) is 0 Å². The molecule has 1 aromatic rings. The summed E-state index contributed by atoms with van der Waals surface area (Å²) in [5.41, 5.74) is 0.546. The molecule has 1 amide bonds. The molecule has 2 N–H and O–H groups in total. The topological polar surface area (TPSA) is 63.2 Å². The molecular weight excluding hydrogens is 369 g/mol. The van der Waals surface area contributed by atoms with Crippen LogP contribution in [0.1, 0.15) is 49.1 Å². The maximum absolute atomic E-state index is 12.4. The van der Waals surface area contributed by atoms with Crippen LogP contribution >= 0.6 is 36.2 Å². The van der Waals surface area contributed by atoms with Crippen molar-refractivity contribution in [3.8, 4) is 0 Å². The standard InChI is InChI=1S/C16H27N3O2S.2ClH/c1-15(2,3)14-19-12(9-22-14)13(20)18-10-16(11-21-4)5-7-17-8-6-16;;/h9,17H,5-8,10-11H2,1-4H3,(H,18,20);2*1H. The van der Waals surface area contributed by atoms with Gasteiger partial charge in [-0.2, -0.15) is 0 Å². The molecule has 0 atom stereocenters. The van der Waals surface area contributed by atoms with E-state index in [1.54, 1.807) is 18.4 Å². The highest BCUT2D eigenvalue weighted by Crippen LogP contribution is 2.29. The highest BCUT2D eigenvalue weighted by Gasteiger charge is 2.33. The highest BCUT2D eigenvalue weighted by molar-refractivity contribution is 7.10. The lowest BCUT2D eigenvalue weighted by atomic mass is 9.79. The minimum Gasteiger partial charge on any atom is -0.384 e. The number of piperidine rings is 1.